The average molecular weight is 545 g/mol. The summed E-state index contributed by atoms with van der Waals surface area (Å²) in [5.74, 6) is -6.69. The normalized spacial score (nSPS) is 13.1. The molecule has 0 unspecified atom stereocenters. The van der Waals surface area contributed by atoms with Gasteiger partial charge in [0.1, 0.15) is 11.5 Å². The third kappa shape index (κ3) is 5.29. The fourth-order valence-electron chi connectivity index (χ4n) is 3.41. The van der Waals surface area contributed by atoms with E-state index >= 15 is 4.39 Å². The number of hydrogen-bond donors (Lipinski definition) is 3. The molecule has 8 nitrogen and oxygen atoms in total. The molecule has 0 aliphatic heterocycles. The number of alkyl halides is 5. The van der Waals surface area contributed by atoms with Gasteiger partial charge in [-0.1, -0.05) is 17.7 Å². The van der Waals surface area contributed by atoms with Gasteiger partial charge < -0.3 is 16.2 Å². The Hall–Kier alpha value is -3.91. The molecule has 4 N–H and O–H groups in total. The fourth-order valence-corrected chi connectivity index (χ4v) is 3.64. The second kappa shape index (κ2) is 9.52. The number of aliphatic hydroxyl groups excluding tert-OH is 1. The number of nitrogens with zero attached hydrogens (tertiary/aromatic N) is 4. The number of aromatic nitrogens is 4. The second-order valence-corrected chi connectivity index (χ2v) is 8.17. The van der Waals surface area contributed by atoms with Gasteiger partial charge in [-0.3, -0.25) is 4.79 Å². The number of halogens is 7. The highest BCUT2D eigenvalue weighted by molar-refractivity contribution is 6.34. The first-order valence-electron chi connectivity index (χ1n) is 10.3. The minimum absolute atomic E-state index is 0.0303. The van der Waals surface area contributed by atoms with Crippen molar-refractivity contribution in [3.8, 4) is 11.1 Å². The second-order valence-electron chi connectivity index (χ2n) is 7.76. The lowest BCUT2D eigenvalue weighted by molar-refractivity contribution is -0.142. The van der Waals surface area contributed by atoms with Crippen LogP contribution in [-0.4, -0.2) is 43.1 Å². The molecule has 3 heterocycles. The van der Waals surface area contributed by atoms with E-state index in [0.717, 1.165) is 12.1 Å². The molecule has 0 radical (unpaired) electrons. The molecule has 37 heavy (non-hydrogen) atoms. The zero-order valence-corrected chi connectivity index (χ0v) is 19.0. The lowest BCUT2D eigenvalue weighted by atomic mass is 10.0. The molecule has 0 saturated heterocycles. The SMILES string of the molecule is Nc1nc2cc(-c3ccc(Cl)c(C(=O)NCC(F)(F)[C@@H](O)c4cccc(C(F)(F)F)n4)c3F)ccn2n1. The Balaban J connectivity index is 1.56. The zero-order chi connectivity index (χ0) is 27.1. The van der Waals surface area contributed by atoms with E-state index in [1.807, 2.05) is 0 Å². The van der Waals surface area contributed by atoms with E-state index in [0.29, 0.717) is 6.07 Å². The lowest BCUT2D eigenvalue weighted by Crippen LogP contribution is -2.41. The predicted octanol–water partition coefficient (Wildman–Crippen LogP) is 4.28. The van der Waals surface area contributed by atoms with E-state index in [-0.39, 0.29) is 22.7 Å². The maximum Gasteiger partial charge on any atom is 0.433 e. The van der Waals surface area contributed by atoms with E-state index < -0.39 is 58.4 Å². The summed E-state index contributed by atoms with van der Waals surface area (Å²) in [6.45, 7) is -1.56. The van der Waals surface area contributed by atoms with Gasteiger partial charge in [0.05, 0.1) is 22.8 Å². The monoisotopic (exact) mass is 544 g/mol. The number of nitrogens with one attached hydrogen (secondary N) is 1. The Morgan fingerprint density at radius 2 is 1.86 bits per heavy atom. The minimum atomic E-state index is -4.93. The van der Waals surface area contributed by atoms with E-state index in [4.69, 9.17) is 17.3 Å². The van der Waals surface area contributed by atoms with Crippen LogP contribution in [0.25, 0.3) is 16.8 Å². The molecule has 0 saturated carbocycles. The van der Waals surface area contributed by atoms with Crippen molar-refractivity contribution in [2.24, 2.45) is 0 Å². The van der Waals surface area contributed by atoms with Crippen LogP contribution in [0.15, 0.2) is 48.7 Å². The summed E-state index contributed by atoms with van der Waals surface area (Å²) < 4.78 is 84.2. The van der Waals surface area contributed by atoms with Gasteiger partial charge in [0.2, 0.25) is 5.95 Å². The molecule has 15 heteroatoms. The third-order valence-corrected chi connectivity index (χ3v) is 5.52. The molecule has 4 rings (SSSR count). The summed E-state index contributed by atoms with van der Waals surface area (Å²) in [7, 11) is 0. The molecule has 0 aliphatic rings. The van der Waals surface area contributed by atoms with Gasteiger partial charge in [-0.05, 0) is 42.0 Å². The smallest absolute Gasteiger partial charge is 0.380 e. The fraction of sp³-hybridized carbons (Fsp3) is 0.182. The van der Waals surface area contributed by atoms with Crippen LogP contribution < -0.4 is 11.1 Å². The Bertz CT molecular complexity index is 1490. The molecule has 1 aromatic carbocycles. The summed E-state index contributed by atoms with van der Waals surface area (Å²) in [4.78, 5) is 19.6. The van der Waals surface area contributed by atoms with E-state index in [1.54, 1.807) is 5.32 Å². The number of hydrogen-bond acceptors (Lipinski definition) is 6. The Morgan fingerprint density at radius 1 is 1.14 bits per heavy atom. The highest BCUT2D eigenvalue weighted by Gasteiger charge is 2.42. The summed E-state index contributed by atoms with van der Waals surface area (Å²) in [6.07, 6.45) is -6.29. The summed E-state index contributed by atoms with van der Waals surface area (Å²) >= 11 is 5.95. The van der Waals surface area contributed by atoms with Crippen LogP contribution >= 0.6 is 11.6 Å². The van der Waals surface area contributed by atoms with Crippen molar-refractivity contribution >= 4 is 29.1 Å². The number of nitrogens with two attached hydrogens (primary N) is 1. The summed E-state index contributed by atoms with van der Waals surface area (Å²) in [5, 5.41) is 15.2. The van der Waals surface area contributed by atoms with Gasteiger partial charge in [-0.2, -0.15) is 18.2 Å². The number of nitrogen functional groups attached to an aromatic ring is 1. The average Bonchev–Trinajstić information content (AvgIpc) is 3.21. The van der Waals surface area contributed by atoms with Crippen LogP contribution in [0.1, 0.15) is 27.8 Å². The van der Waals surface area contributed by atoms with Crippen LogP contribution in [0.2, 0.25) is 5.02 Å². The number of pyridine rings is 2. The molecule has 1 atom stereocenters. The van der Waals surface area contributed by atoms with Gasteiger partial charge in [0.25, 0.3) is 11.8 Å². The quantitative estimate of drug-likeness (QED) is 0.312. The maximum atomic E-state index is 15.3. The first-order chi connectivity index (χ1) is 17.3. The molecule has 0 aliphatic carbocycles. The Kier molecular flexibility index (Phi) is 6.73. The third-order valence-electron chi connectivity index (χ3n) is 5.21. The van der Waals surface area contributed by atoms with Crippen molar-refractivity contribution in [3.63, 3.8) is 0 Å². The van der Waals surface area contributed by atoms with E-state index in [2.05, 4.69) is 15.1 Å². The van der Waals surface area contributed by atoms with Crippen LogP contribution in [0.5, 0.6) is 0 Å². The molecule has 4 aromatic rings. The number of aliphatic hydroxyl groups is 1. The number of benzene rings is 1. The number of rotatable bonds is 6. The van der Waals surface area contributed by atoms with Crippen LogP contribution in [0.4, 0.5) is 32.3 Å². The highest BCUT2D eigenvalue weighted by atomic mass is 35.5. The summed E-state index contributed by atoms with van der Waals surface area (Å²) in [5.41, 5.74) is 2.72. The number of anilines is 1. The van der Waals surface area contributed by atoms with Gasteiger partial charge in [-0.15, -0.1) is 5.10 Å². The van der Waals surface area contributed by atoms with Gasteiger partial charge >= 0.3 is 6.18 Å². The number of amides is 1. The number of carbonyl (C=O) groups is 1. The summed E-state index contributed by atoms with van der Waals surface area (Å²) in [6, 6.07) is 7.42. The standard InChI is InChI=1S/C22H15ClF6N6O2/c23-12-5-4-11(10-6-7-35-15(8-10)33-20(30)34-35)17(24)16(12)19(37)31-9-21(25,26)18(36)13-2-1-3-14(32-13)22(27,28)29/h1-8,18,36H,9H2,(H2,30,34)(H,31,37)/t18-/m0/s1. The van der Waals surface area contributed by atoms with Crippen molar-refractivity contribution in [3.05, 3.63) is 76.5 Å². The topological polar surface area (TPSA) is 118 Å². The molecule has 3 aromatic heterocycles. The molecule has 0 fully saturated rings. The van der Waals surface area contributed by atoms with Crippen LogP contribution in [0.3, 0.4) is 0 Å². The maximum absolute atomic E-state index is 15.3. The van der Waals surface area contributed by atoms with Crippen molar-refractivity contribution in [2.45, 2.75) is 18.2 Å². The van der Waals surface area contributed by atoms with Gasteiger partial charge in [0.15, 0.2) is 11.8 Å². The predicted molar refractivity (Wildman–Crippen MR) is 119 cm³/mol. The highest BCUT2D eigenvalue weighted by Crippen LogP contribution is 2.34. The van der Waals surface area contributed by atoms with E-state index in [1.165, 1.54) is 35.0 Å². The Labute approximate surface area is 208 Å². The first kappa shape index (κ1) is 26.2. The van der Waals surface area contributed by atoms with Crippen LogP contribution in [0, 0.1) is 5.82 Å². The largest absolute Gasteiger partial charge is 0.433 e. The first-order valence-corrected chi connectivity index (χ1v) is 10.6. The molecular formula is C22H15ClF6N6O2. The van der Waals surface area contributed by atoms with Crippen molar-refractivity contribution < 1.29 is 36.2 Å². The van der Waals surface area contributed by atoms with Gasteiger partial charge in [0, 0.05) is 11.8 Å². The molecule has 1 amide bonds. The number of fused-ring (bicyclic) bond motifs is 1. The Morgan fingerprint density at radius 3 is 2.57 bits per heavy atom. The molecule has 0 spiro atoms. The number of carbonyl (C=O) groups excluding carboxylic acids is 1. The van der Waals surface area contributed by atoms with Crippen molar-refractivity contribution in [2.75, 3.05) is 12.3 Å². The zero-order valence-electron chi connectivity index (χ0n) is 18.3. The van der Waals surface area contributed by atoms with Gasteiger partial charge in [-0.25, -0.2) is 22.7 Å². The van der Waals surface area contributed by atoms with Crippen molar-refractivity contribution in [1.82, 2.24) is 24.9 Å². The minimum Gasteiger partial charge on any atom is -0.380 e. The lowest BCUT2D eigenvalue weighted by Gasteiger charge is -2.23. The van der Waals surface area contributed by atoms with E-state index in [9.17, 15) is 31.9 Å². The molecule has 194 valence electrons. The van der Waals surface area contributed by atoms with Crippen LogP contribution in [-0.2, 0) is 6.18 Å². The molecular weight excluding hydrogens is 530 g/mol. The molecule has 0 bridgehead atoms. The van der Waals surface area contributed by atoms with Crippen molar-refractivity contribution in [1.29, 1.82) is 0 Å².